The van der Waals surface area contributed by atoms with Gasteiger partial charge in [-0.1, -0.05) is 18.2 Å². The molecular weight excluding hydrogens is 236 g/mol. The largest absolute Gasteiger partial charge is 0.469 e. The minimum absolute atomic E-state index is 0.128. The number of aromatic nitrogens is 1. The monoisotopic (exact) mass is 252 g/mol. The summed E-state index contributed by atoms with van der Waals surface area (Å²) in [5.74, 6) is 0.928. The normalized spacial score (nSPS) is 12.7. The van der Waals surface area contributed by atoms with Gasteiger partial charge in [0, 0.05) is 23.3 Å². The van der Waals surface area contributed by atoms with E-state index in [4.69, 9.17) is 4.42 Å². The standard InChI is InChI=1S/C16H16N2O/c1-11-8-13(10-19-11)16(17-2)15-5-3-4-12-9-18-7-6-14(12)15/h3-10,16-17H,1-2H3. The third-order valence-corrected chi connectivity index (χ3v) is 3.40. The van der Waals surface area contributed by atoms with Crippen molar-refractivity contribution in [3.63, 3.8) is 0 Å². The lowest BCUT2D eigenvalue weighted by molar-refractivity contribution is 0.528. The number of nitrogens with one attached hydrogen (secondary N) is 1. The lowest BCUT2D eigenvalue weighted by Gasteiger charge is -2.17. The molecule has 3 rings (SSSR count). The van der Waals surface area contributed by atoms with Gasteiger partial charge < -0.3 is 9.73 Å². The van der Waals surface area contributed by atoms with E-state index >= 15 is 0 Å². The highest BCUT2D eigenvalue weighted by Crippen LogP contribution is 2.29. The Kier molecular flexibility index (Phi) is 3.05. The van der Waals surface area contributed by atoms with Gasteiger partial charge in [0.2, 0.25) is 0 Å². The maximum absolute atomic E-state index is 5.43. The number of nitrogens with zero attached hydrogens (tertiary/aromatic N) is 1. The summed E-state index contributed by atoms with van der Waals surface area (Å²) in [4.78, 5) is 4.18. The van der Waals surface area contributed by atoms with E-state index in [1.165, 1.54) is 10.9 Å². The molecule has 0 fully saturated rings. The Bertz CT molecular complexity index is 697. The van der Waals surface area contributed by atoms with Gasteiger partial charge in [-0.15, -0.1) is 0 Å². The Labute approximate surface area is 112 Å². The second kappa shape index (κ2) is 4.86. The van der Waals surface area contributed by atoms with Gasteiger partial charge in [-0.05, 0) is 37.1 Å². The molecule has 96 valence electrons. The van der Waals surface area contributed by atoms with Crippen LogP contribution in [0.25, 0.3) is 10.8 Å². The van der Waals surface area contributed by atoms with Crippen molar-refractivity contribution in [2.45, 2.75) is 13.0 Å². The summed E-state index contributed by atoms with van der Waals surface area (Å²) in [6.07, 6.45) is 5.54. The van der Waals surface area contributed by atoms with Gasteiger partial charge in [0.15, 0.2) is 0 Å². The molecule has 1 aromatic carbocycles. The molecule has 1 N–H and O–H groups in total. The zero-order valence-corrected chi connectivity index (χ0v) is 11.1. The zero-order valence-electron chi connectivity index (χ0n) is 11.1. The fraction of sp³-hybridized carbons (Fsp3) is 0.188. The Morgan fingerprint density at radius 2 is 2.16 bits per heavy atom. The van der Waals surface area contributed by atoms with Crippen LogP contribution in [0.1, 0.15) is 22.9 Å². The van der Waals surface area contributed by atoms with Crippen molar-refractivity contribution in [1.82, 2.24) is 10.3 Å². The molecule has 0 aliphatic heterocycles. The van der Waals surface area contributed by atoms with Crippen LogP contribution >= 0.6 is 0 Å². The average molecular weight is 252 g/mol. The summed E-state index contributed by atoms with van der Waals surface area (Å²) in [6, 6.07) is 10.5. The smallest absolute Gasteiger partial charge is 0.101 e. The molecule has 3 aromatic rings. The molecule has 0 aliphatic carbocycles. The molecule has 1 unspecified atom stereocenters. The van der Waals surface area contributed by atoms with E-state index < -0.39 is 0 Å². The van der Waals surface area contributed by atoms with Gasteiger partial charge in [-0.3, -0.25) is 4.98 Å². The van der Waals surface area contributed by atoms with E-state index in [0.717, 1.165) is 16.7 Å². The fourth-order valence-corrected chi connectivity index (χ4v) is 2.52. The molecule has 3 heteroatoms. The van der Waals surface area contributed by atoms with Gasteiger partial charge in [-0.2, -0.15) is 0 Å². The molecule has 0 saturated heterocycles. The first-order valence-electron chi connectivity index (χ1n) is 6.34. The Hall–Kier alpha value is -2.13. The van der Waals surface area contributed by atoms with Gasteiger partial charge in [-0.25, -0.2) is 0 Å². The van der Waals surface area contributed by atoms with Crippen LogP contribution in [0.15, 0.2) is 53.4 Å². The van der Waals surface area contributed by atoms with Crippen LogP contribution in [0.5, 0.6) is 0 Å². The topological polar surface area (TPSA) is 38.1 Å². The number of pyridine rings is 1. The average Bonchev–Trinajstić information content (AvgIpc) is 2.86. The SMILES string of the molecule is CNC(c1coc(C)c1)c1cccc2cnccc12. The zero-order chi connectivity index (χ0) is 13.2. The molecule has 0 saturated carbocycles. The highest BCUT2D eigenvalue weighted by Gasteiger charge is 2.16. The number of aryl methyl sites for hydroxylation is 1. The van der Waals surface area contributed by atoms with E-state index in [0.29, 0.717) is 0 Å². The van der Waals surface area contributed by atoms with Crippen LogP contribution < -0.4 is 5.32 Å². The quantitative estimate of drug-likeness (QED) is 0.776. The first-order chi connectivity index (χ1) is 9.29. The van der Waals surface area contributed by atoms with Gasteiger partial charge in [0.25, 0.3) is 0 Å². The number of fused-ring (bicyclic) bond motifs is 1. The highest BCUT2D eigenvalue weighted by molar-refractivity contribution is 5.85. The number of furan rings is 1. The van der Waals surface area contributed by atoms with Crippen LogP contribution in [0.3, 0.4) is 0 Å². The minimum Gasteiger partial charge on any atom is -0.469 e. The van der Waals surface area contributed by atoms with E-state index in [1.54, 1.807) is 0 Å². The highest BCUT2D eigenvalue weighted by atomic mass is 16.3. The van der Waals surface area contributed by atoms with Crippen LogP contribution in [0, 0.1) is 6.92 Å². The Morgan fingerprint density at radius 3 is 2.89 bits per heavy atom. The first-order valence-corrected chi connectivity index (χ1v) is 6.34. The summed E-state index contributed by atoms with van der Waals surface area (Å²) in [5.41, 5.74) is 2.38. The number of hydrogen-bond donors (Lipinski definition) is 1. The second-order valence-electron chi connectivity index (χ2n) is 4.66. The van der Waals surface area contributed by atoms with E-state index in [-0.39, 0.29) is 6.04 Å². The number of rotatable bonds is 3. The molecule has 2 heterocycles. The van der Waals surface area contributed by atoms with Crippen molar-refractivity contribution >= 4 is 10.8 Å². The van der Waals surface area contributed by atoms with Crippen LogP contribution in [0.2, 0.25) is 0 Å². The van der Waals surface area contributed by atoms with Crippen molar-refractivity contribution in [1.29, 1.82) is 0 Å². The Balaban J connectivity index is 2.16. The number of benzene rings is 1. The Morgan fingerprint density at radius 1 is 1.26 bits per heavy atom. The lowest BCUT2D eigenvalue weighted by atomic mass is 9.96. The van der Waals surface area contributed by atoms with Crippen LogP contribution in [-0.4, -0.2) is 12.0 Å². The summed E-state index contributed by atoms with van der Waals surface area (Å²) >= 11 is 0. The molecule has 0 spiro atoms. The lowest BCUT2D eigenvalue weighted by Crippen LogP contribution is -2.17. The molecule has 19 heavy (non-hydrogen) atoms. The summed E-state index contributed by atoms with van der Waals surface area (Å²) in [5, 5.41) is 5.73. The molecule has 0 amide bonds. The van der Waals surface area contributed by atoms with E-state index in [1.807, 2.05) is 32.6 Å². The summed E-state index contributed by atoms with van der Waals surface area (Å²) in [6.45, 7) is 1.96. The first kappa shape index (κ1) is 11.9. The maximum atomic E-state index is 5.43. The van der Waals surface area contributed by atoms with E-state index in [9.17, 15) is 0 Å². The third kappa shape index (κ3) is 2.13. The number of hydrogen-bond acceptors (Lipinski definition) is 3. The summed E-state index contributed by atoms with van der Waals surface area (Å²) in [7, 11) is 1.97. The van der Waals surface area contributed by atoms with Crippen molar-refractivity contribution in [3.05, 3.63) is 65.9 Å². The van der Waals surface area contributed by atoms with Crippen LogP contribution in [-0.2, 0) is 0 Å². The predicted octanol–water partition coefficient (Wildman–Crippen LogP) is 3.45. The summed E-state index contributed by atoms with van der Waals surface area (Å²) < 4.78 is 5.43. The molecule has 1 atom stereocenters. The molecule has 0 radical (unpaired) electrons. The molecule has 2 aromatic heterocycles. The van der Waals surface area contributed by atoms with Crippen LogP contribution in [0.4, 0.5) is 0 Å². The minimum atomic E-state index is 0.128. The molecule has 0 bridgehead atoms. The van der Waals surface area contributed by atoms with Crippen molar-refractivity contribution < 1.29 is 4.42 Å². The van der Waals surface area contributed by atoms with Crippen molar-refractivity contribution in [2.24, 2.45) is 0 Å². The van der Waals surface area contributed by atoms with Gasteiger partial charge >= 0.3 is 0 Å². The second-order valence-corrected chi connectivity index (χ2v) is 4.66. The third-order valence-electron chi connectivity index (χ3n) is 3.40. The molecule has 3 nitrogen and oxygen atoms in total. The maximum Gasteiger partial charge on any atom is 0.101 e. The van der Waals surface area contributed by atoms with Gasteiger partial charge in [0.05, 0.1) is 12.3 Å². The van der Waals surface area contributed by atoms with Crippen molar-refractivity contribution in [2.75, 3.05) is 7.05 Å². The van der Waals surface area contributed by atoms with E-state index in [2.05, 4.69) is 40.6 Å². The molecular formula is C16H16N2O. The van der Waals surface area contributed by atoms with Gasteiger partial charge in [0.1, 0.15) is 5.76 Å². The van der Waals surface area contributed by atoms with Crippen molar-refractivity contribution in [3.8, 4) is 0 Å². The fourth-order valence-electron chi connectivity index (χ4n) is 2.52. The predicted molar refractivity (Wildman–Crippen MR) is 76.1 cm³/mol. The molecule has 0 aliphatic rings.